The van der Waals surface area contributed by atoms with Crippen molar-refractivity contribution in [3.63, 3.8) is 0 Å². The number of carbonyl (C=O) groups excluding carboxylic acids is 3. The van der Waals surface area contributed by atoms with Crippen LogP contribution in [0, 0.1) is 0 Å². The molecule has 0 saturated carbocycles. The van der Waals surface area contributed by atoms with E-state index in [1.165, 1.54) is 64.2 Å². The number of carbonyl (C=O) groups is 3. The van der Waals surface area contributed by atoms with Crippen LogP contribution in [0.3, 0.4) is 0 Å². The summed E-state index contributed by atoms with van der Waals surface area (Å²) in [5.41, 5.74) is 0. The molecular formula is C64H104O6. The van der Waals surface area contributed by atoms with Crippen molar-refractivity contribution in [2.75, 3.05) is 13.2 Å². The lowest BCUT2D eigenvalue weighted by molar-refractivity contribution is -0.167. The van der Waals surface area contributed by atoms with Crippen molar-refractivity contribution in [3.05, 3.63) is 122 Å². The van der Waals surface area contributed by atoms with Crippen molar-refractivity contribution < 1.29 is 28.6 Å². The molecular weight excluding hydrogens is 865 g/mol. The van der Waals surface area contributed by atoms with Gasteiger partial charge in [-0.25, -0.2) is 0 Å². The predicted octanol–water partition coefficient (Wildman–Crippen LogP) is 19.3. The molecule has 0 amide bonds. The third-order valence-electron chi connectivity index (χ3n) is 11.7. The van der Waals surface area contributed by atoms with Crippen LogP contribution in [-0.4, -0.2) is 37.2 Å². The van der Waals surface area contributed by atoms with Crippen molar-refractivity contribution >= 4 is 17.9 Å². The van der Waals surface area contributed by atoms with E-state index in [1.807, 2.05) is 0 Å². The van der Waals surface area contributed by atoms with Crippen LogP contribution in [0.4, 0.5) is 0 Å². The average molecular weight is 970 g/mol. The molecule has 0 aliphatic carbocycles. The van der Waals surface area contributed by atoms with Crippen LogP contribution >= 0.6 is 0 Å². The normalized spacial score (nSPS) is 13.0. The number of hydrogen-bond donors (Lipinski definition) is 0. The number of hydrogen-bond acceptors (Lipinski definition) is 6. The Morgan fingerprint density at radius 3 is 0.900 bits per heavy atom. The number of allylic oxidation sites excluding steroid dienone is 20. The van der Waals surface area contributed by atoms with Gasteiger partial charge in [0.05, 0.1) is 0 Å². The Hall–Kier alpha value is -4.19. The smallest absolute Gasteiger partial charge is 0.306 e. The molecule has 0 heterocycles. The van der Waals surface area contributed by atoms with Gasteiger partial charge in [0.25, 0.3) is 0 Å². The number of rotatable bonds is 50. The summed E-state index contributed by atoms with van der Waals surface area (Å²) in [4.78, 5) is 38.0. The van der Waals surface area contributed by atoms with Crippen molar-refractivity contribution in [2.45, 2.75) is 252 Å². The lowest BCUT2D eigenvalue weighted by Crippen LogP contribution is -2.30. The van der Waals surface area contributed by atoms with Gasteiger partial charge < -0.3 is 14.2 Å². The minimum atomic E-state index is -0.800. The van der Waals surface area contributed by atoms with Crippen LogP contribution in [-0.2, 0) is 28.6 Å². The summed E-state index contributed by atoms with van der Waals surface area (Å²) in [5.74, 6) is -0.946. The van der Waals surface area contributed by atoms with Gasteiger partial charge in [-0.1, -0.05) is 226 Å². The second kappa shape index (κ2) is 57.4. The molecule has 6 nitrogen and oxygen atoms in total. The zero-order chi connectivity index (χ0) is 50.7. The molecule has 6 heteroatoms. The molecule has 0 aromatic rings. The quantitative estimate of drug-likeness (QED) is 0.0262. The molecule has 1 unspecified atom stereocenters. The maximum atomic E-state index is 12.8. The Morgan fingerprint density at radius 1 is 0.300 bits per heavy atom. The summed E-state index contributed by atoms with van der Waals surface area (Å²) in [5, 5.41) is 0. The van der Waals surface area contributed by atoms with Gasteiger partial charge in [-0.3, -0.25) is 14.4 Å². The summed E-state index contributed by atoms with van der Waals surface area (Å²) in [6.45, 7) is 6.30. The topological polar surface area (TPSA) is 78.9 Å². The molecule has 70 heavy (non-hydrogen) atoms. The Kier molecular flexibility index (Phi) is 54.0. The van der Waals surface area contributed by atoms with Crippen LogP contribution in [0.15, 0.2) is 122 Å². The van der Waals surface area contributed by atoms with Crippen molar-refractivity contribution in [2.24, 2.45) is 0 Å². The summed E-state index contributed by atoms with van der Waals surface area (Å²) < 4.78 is 16.8. The Morgan fingerprint density at radius 2 is 0.557 bits per heavy atom. The Balaban J connectivity index is 4.24. The molecule has 0 rings (SSSR count). The highest BCUT2D eigenvalue weighted by atomic mass is 16.6. The molecule has 0 aromatic carbocycles. The minimum Gasteiger partial charge on any atom is -0.462 e. The standard InChI is InChI=1S/C64H104O6/c1-4-7-10-13-16-19-22-24-25-26-27-28-29-30-31-32-33-34-35-36-37-38-39-41-42-45-48-51-54-57-63(66)69-60-61(59-68-62(65)56-53-50-47-44-21-18-15-12-9-6-3)70-64(67)58-55-52-49-46-43-40-23-20-17-14-11-8-5-2/h7-8,10-12,15-17,19-20,24-25,27-28,30-31,33-34,40,43,61H,4-6,9,13-14,18,21-23,26,29,32,35-39,41-42,44-60H2,1-3H3/b10-7-,11-8-,15-12-,19-16-,20-17-,25-24-,28-27-,31-30-,34-33-,43-40-. The van der Waals surface area contributed by atoms with Crippen LogP contribution in [0.1, 0.15) is 245 Å². The van der Waals surface area contributed by atoms with E-state index in [1.54, 1.807) is 0 Å². The van der Waals surface area contributed by atoms with Gasteiger partial charge in [0.2, 0.25) is 0 Å². The third-order valence-corrected chi connectivity index (χ3v) is 11.7. The highest BCUT2D eigenvalue weighted by Gasteiger charge is 2.19. The van der Waals surface area contributed by atoms with Crippen LogP contribution in [0.5, 0.6) is 0 Å². The largest absolute Gasteiger partial charge is 0.462 e. The van der Waals surface area contributed by atoms with E-state index >= 15 is 0 Å². The second-order valence-electron chi connectivity index (χ2n) is 18.4. The van der Waals surface area contributed by atoms with Gasteiger partial charge in [0.1, 0.15) is 13.2 Å². The molecule has 0 N–H and O–H groups in total. The van der Waals surface area contributed by atoms with Crippen molar-refractivity contribution in [3.8, 4) is 0 Å². The SMILES string of the molecule is CC/C=C\C/C=C\C/C=C\C/C=C\C/C=C\C/C=C\CCCCCCCCCCCCC(=O)OCC(COC(=O)CCCCCCC/C=C\CCC)OC(=O)CCCCC/C=C\C/C=C\C/C=C\CC. The lowest BCUT2D eigenvalue weighted by atomic mass is 10.1. The fraction of sp³-hybridized carbons (Fsp3) is 0.641. The second-order valence-corrected chi connectivity index (χ2v) is 18.4. The van der Waals surface area contributed by atoms with Gasteiger partial charge in [0, 0.05) is 19.3 Å². The summed E-state index contributed by atoms with van der Waals surface area (Å²) in [6.07, 6.45) is 79.2. The highest BCUT2D eigenvalue weighted by Crippen LogP contribution is 2.14. The Bertz CT molecular complexity index is 1490. The molecule has 0 saturated heterocycles. The molecule has 0 spiro atoms. The average Bonchev–Trinajstić information content (AvgIpc) is 3.36. The molecule has 0 aliphatic heterocycles. The molecule has 0 fully saturated rings. The Labute approximate surface area is 431 Å². The molecule has 0 aliphatic rings. The first kappa shape index (κ1) is 65.8. The summed E-state index contributed by atoms with van der Waals surface area (Å²) in [6, 6.07) is 0. The molecule has 0 aromatic heterocycles. The van der Waals surface area contributed by atoms with Crippen molar-refractivity contribution in [1.29, 1.82) is 0 Å². The summed E-state index contributed by atoms with van der Waals surface area (Å²) in [7, 11) is 0. The molecule has 0 radical (unpaired) electrons. The van der Waals surface area contributed by atoms with Crippen LogP contribution in [0.2, 0.25) is 0 Å². The zero-order valence-electron chi connectivity index (χ0n) is 45.2. The van der Waals surface area contributed by atoms with E-state index < -0.39 is 6.10 Å². The maximum absolute atomic E-state index is 12.8. The van der Waals surface area contributed by atoms with E-state index in [0.29, 0.717) is 12.8 Å². The van der Waals surface area contributed by atoms with E-state index in [2.05, 4.69) is 142 Å². The van der Waals surface area contributed by atoms with Gasteiger partial charge in [0.15, 0.2) is 6.10 Å². The predicted molar refractivity (Wildman–Crippen MR) is 302 cm³/mol. The monoisotopic (exact) mass is 969 g/mol. The van der Waals surface area contributed by atoms with E-state index in [4.69, 9.17) is 14.2 Å². The van der Waals surface area contributed by atoms with Gasteiger partial charge in [-0.05, 0) is 122 Å². The van der Waals surface area contributed by atoms with E-state index in [-0.39, 0.29) is 37.5 Å². The van der Waals surface area contributed by atoms with Crippen LogP contribution < -0.4 is 0 Å². The van der Waals surface area contributed by atoms with Gasteiger partial charge >= 0.3 is 17.9 Å². The number of esters is 3. The molecule has 0 bridgehead atoms. The van der Waals surface area contributed by atoms with Crippen molar-refractivity contribution in [1.82, 2.24) is 0 Å². The first-order valence-electron chi connectivity index (χ1n) is 28.5. The lowest BCUT2D eigenvalue weighted by Gasteiger charge is -2.18. The van der Waals surface area contributed by atoms with Gasteiger partial charge in [-0.2, -0.15) is 0 Å². The first-order valence-corrected chi connectivity index (χ1v) is 28.5. The fourth-order valence-electron chi connectivity index (χ4n) is 7.46. The maximum Gasteiger partial charge on any atom is 0.306 e. The first-order chi connectivity index (χ1) is 34.5. The summed E-state index contributed by atoms with van der Waals surface area (Å²) >= 11 is 0. The number of ether oxygens (including phenoxy) is 3. The van der Waals surface area contributed by atoms with E-state index in [9.17, 15) is 14.4 Å². The number of unbranched alkanes of at least 4 members (excludes halogenated alkanes) is 19. The zero-order valence-corrected chi connectivity index (χ0v) is 45.2. The van der Waals surface area contributed by atoms with E-state index in [0.717, 1.165) is 141 Å². The highest BCUT2D eigenvalue weighted by molar-refractivity contribution is 5.71. The minimum absolute atomic E-state index is 0.0971. The van der Waals surface area contributed by atoms with Crippen LogP contribution in [0.25, 0.3) is 0 Å². The molecule has 1 atom stereocenters. The fourth-order valence-corrected chi connectivity index (χ4v) is 7.46. The third kappa shape index (κ3) is 54.7. The molecule has 396 valence electrons. The van der Waals surface area contributed by atoms with Gasteiger partial charge in [-0.15, -0.1) is 0 Å².